The molecule has 0 unspecified atom stereocenters. The molecule has 0 bridgehead atoms. The van der Waals surface area contributed by atoms with Crippen LogP contribution in [0.3, 0.4) is 0 Å². The molecule has 1 heterocycles. The first kappa shape index (κ1) is 10.3. The van der Waals surface area contributed by atoms with Crippen molar-refractivity contribution in [3.05, 3.63) is 30.1 Å². The highest BCUT2D eigenvalue weighted by Gasteiger charge is 2.31. The number of benzene rings is 1. The number of carbonyl (C=O) groups is 1. The first-order chi connectivity index (χ1) is 8.29. The van der Waals surface area contributed by atoms with E-state index in [9.17, 15) is 4.79 Å². The fourth-order valence-corrected chi connectivity index (χ4v) is 2.19. The van der Waals surface area contributed by atoms with Crippen LogP contribution in [-0.2, 0) is 0 Å². The standard InChI is InChI=1S/C13H15N3O/c1-2-16(10-4-5-10)13(17)9-3-6-11-12(7-9)15-8-14-11/h3,6-8,10H,2,4-5H2,1H3,(H,14,15). The Morgan fingerprint density at radius 1 is 1.53 bits per heavy atom. The zero-order valence-corrected chi connectivity index (χ0v) is 9.81. The Hall–Kier alpha value is -1.84. The molecule has 1 amide bonds. The van der Waals surface area contributed by atoms with Crippen LogP contribution in [0.5, 0.6) is 0 Å². The van der Waals surface area contributed by atoms with Gasteiger partial charge in [0.25, 0.3) is 5.91 Å². The second-order valence-corrected chi connectivity index (χ2v) is 4.46. The summed E-state index contributed by atoms with van der Waals surface area (Å²) < 4.78 is 0. The lowest BCUT2D eigenvalue weighted by Crippen LogP contribution is -2.32. The Balaban J connectivity index is 1.93. The minimum Gasteiger partial charge on any atom is -0.345 e. The van der Waals surface area contributed by atoms with Crippen LogP contribution in [0, 0.1) is 0 Å². The maximum atomic E-state index is 12.3. The number of nitrogens with zero attached hydrogens (tertiary/aromatic N) is 2. The van der Waals surface area contributed by atoms with Gasteiger partial charge in [-0.2, -0.15) is 0 Å². The van der Waals surface area contributed by atoms with Crippen LogP contribution in [-0.4, -0.2) is 33.4 Å². The number of aromatic amines is 1. The molecule has 1 aromatic heterocycles. The van der Waals surface area contributed by atoms with E-state index in [-0.39, 0.29) is 5.91 Å². The van der Waals surface area contributed by atoms with Gasteiger partial charge in [-0.25, -0.2) is 4.98 Å². The van der Waals surface area contributed by atoms with E-state index in [1.807, 2.05) is 30.0 Å². The van der Waals surface area contributed by atoms with Crippen molar-refractivity contribution in [2.45, 2.75) is 25.8 Å². The molecule has 0 atom stereocenters. The van der Waals surface area contributed by atoms with Crippen molar-refractivity contribution in [2.75, 3.05) is 6.54 Å². The second kappa shape index (κ2) is 3.87. The minimum absolute atomic E-state index is 0.131. The van der Waals surface area contributed by atoms with E-state index in [1.165, 1.54) is 0 Å². The normalized spacial score (nSPS) is 15.1. The Morgan fingerprint density at radius 3 is 3.06 bits per heavy atom. The molecule has 17 heavy (non-hydrogen) atoms. The van der Waals surface area contributed by atoms with E-state index in [0.29, 0.717) is 6.04 Å². The Labute approximate surface area is 99.6 Å². The highest BCUT2D eigenvalue weighted by Crippen LogP contribution is 2.28. The smallest absolute Gasteiger partial charge is 0.254 e. The Bertz CT molecular complexity index is 557. The van der Waals surface area contributed by atoms with Crippen molar-refractivity contribution < 1.29 is 4.79 Å². The van der Waals surface area contributed by atoms with Gasteiger partial charge in [-0.3, -0.25) is 4.79 Å². The number of aromatic nitrogens is 2. The summed E-state index contributed by atoms with van der Waals surface area (Å²) in [6.07, 6.45) is 3.94. The molecule has 88 valence electrons. The first-order valence-electron chi connectivity index (χ1n) is 6.03. The van der Waals surface area contributed by atoms with E-state index in [4.69, 9.17) is 0 Å². The van der Waals surface area contributed by atoms with Gasteiger partial charge in [0.2, 0.25) is 0 Å². The topological polar surface area (TPSA) is 49.0 Å². The van der Waals surface area contributed by atoms with Crippen molar-refractivity contribution in [3.63, 3.8) is 0 Å². The molecule has 3 rings (SSSR count). The fraction of sp³-hybridized carbons (Fsp3) is 0.385. The summed E-state index contributed by atoms with van der Waals surface area (Å²) in [6.45, 7) is 2.81. The molecule has 4 nitrogen and oxygen atoms in total. The average Bonchev–Trinajstić information content (AvgIpc) is 3.07. The summed E-state index contributed by atoms with van der Waals surface area (Å²) in [4.78, 5) is 21.5. The lowest BCUT2D eigenvalue weighted by Gasteiger charge is -2.20. The third kappa shape index (κ3) is 1.79. The molecule has 0 radical (unpaired) electrons. The number of hydrogen-bond acceptors (Lipinski definition) is 2. The SMILES string of the molecule is CCN(C(=O)c1ccc2nc[nH]c2c1)C1CC1. The fourth-order valence-electron chi connectivity index (χ4n) is 2.19. The molecule has 0 spiro atoms. The molecular formula is C13H15N3O. The molecule has 1 N–H and O–H groups in total. The molecule has 1 fully saturated rings. The highest BCUT2D eigenvalue weighted by atomic mass is 16.2. The van der Waals surface area contributed by atoms with Gasteiger partial charge in [0.05, 0.1) is 17.4 Å². The van der Waals surface area contributed by atoms with Gasteiger partial charge in [0.1, 0.15) is 0 Å². The van der Waals surface area contributed by atoms with Crippen LogP contribution in [0.15, 0.2) is 24.5 Å². The number of hydrogen-bond donors (Lipinski definition) is 1. The maximum absolute atomic E-state index is 12.3. The summed E-state index contributed by atoms with van der Waals surface area (Å²) in [5, 5.41) is 0. The second-order valence-electron chi connectivity index (χ2n) is 4.46. The number of H-pyrrole nitrogens is 1. The van der Waals surface area contributed by atoms with Crippen LogP contribution < -0.4 is 0 Å². The van der Waals surface area contributed by atoms with Gasteiger partial charge in [-0.05, 0) is 38.0 Å². The number of nitrogens with one attached hydrogen (secondary N) is 1. The predicted octanol–water partition coefficient (Wildman–Crippen LogP) is 2.19. The summed E-state index contributed by atoms with van der Waals surface area (Å²) >= 11 is 0. The van der Waals surface area contributed by atoms with Crippen LogP contribution in [0.2, 0.25) is 0 Å². The number of fused-ring (bicyclic) bond motifs is 1. The van der Waals surface area contributed by atoms with Crippen LogP contribution in [0.1, 0.15) is 30.1 Å². The lowest BCUT2D eigenvalue weighted by molar-refractivity contribution is 0.0752. The van der Waals surface area contributed by atoms with Gasteiger partial charge in [-0.1, -0.05) is 0 Å². The molecule has 1 aliphatic rings. The number of amides is 1. The molecule has 4 heteroatoms. The first-order valence-corrected chi connectivity index (χ1v) is 6.03. The molecule has 0 aliphatic heterocycles. The van der Waals surface area contributed by atoms with Crippen LogP contribution in [0.4, 0.5) is 0 Å². The van der Waals surface area contributed by atoms with Gasteiger partial charge in [0.15, 0.2) is 0 Å². The van der Waals surface area contributed by atoms with Crippen LogP contribution in [0.25, 0.3) is 11.0 Å². The average molecular weight is 229 g/mol. The zero-order chi connectivity index (χ0) is 11.8. The van der Waals surface area contributed by atoms with Gasteiger partial charge < -0.3 is 9.88 Å². The number of rotatable bonds is 3. The van der Waals surface area contributed by atoms with Crippen molar-refractivity contribution >= 4 is 16.9 Å². The van der Waals surface area contributed by atoms with Crippen molar-refractivity contribution in [2.24, 2.45) is 0 Å². The third-order valence-electron chi connectivity index (χ3n) is 3.26. The van der Waals surface area contributed by atoms with Crippen molar-refractivity contribution in [1.82, 2.24) is 14.9 Å². The molecule has 0 saturated heterocycles. The monoisotopic (exact) mass is 229 g/mol. The van der Waals surface area contributed by atoms with E-state index < -0.39 is 0 Å². The van der Waals surface area contributed by atoms with Gasteiger partial charge in [0, 0.05) is 18.2 Å². The zero-order valence-electron chi connectivity index (χ0n) is 9.81. The lowest BCUT2D eigenvalue weighted by atomic mass is 10.1. The van der Waals surface area contributed by atoms with Gasteiger partial charge >= 0.3 is 0 Å². The van der Waals surface area contributed by atoms with Crippen LogP contribution >= 0.6 is 0 Å². The summed E-state index contributed by atoms with van der Waals surface area (Å²) in [6, 6.07) is 6.09. The van der Waals surface area contributed by atoms with E-state index >= 15 is 0 Å². The quantitative estimate of drug-likeness (QED) is 0.877. The summed E-state index contributed by atoms with van der Waals surface area (Å²) in [5.41, 5.74) is 2.56. The van der Waals surface area contributed by atoms with E-state index in [2.05, 4.69) is 9.97 Å². The Morgan fingerprint density at radius 2 is 2.35 bits per heavy atom. The summed E-state index contributed by atoms with van der Waals surface area (Å²) in [7, 11) is 0. The Kier molecular flexibility index (Phi) is 2.35. The van der Waals surface area contributed by atoms with E-state index in [1.54, 1.807) is 6.33 Å². The predicted molar refractivity (Wildman–Crippen MR) is 65.8 cm³/mol. The molecular weight excluding hydrogens is 214 g/mol. The minimum atomic E-state index is 0.131. The molecule has 1 aromatic carbocycles. The van der Waals surface area contributed by atoms with Crippen molar-refractivity contribution in [1.29, 1.82) is 0 Å². The highest BCUT2D eigenvalue weighted by molar-refractivity contribution is 5.97. The molecule has 1 saturated carbocycles. The molecule has 2 aromatic rings. The van der Waals surface area contributed by atoms with E-state index in [0.717, 1.165) is 36.0 Å². The summed E-state index contributed by atoms with van der Waals surface area (Å²) in [5.74, 6) is 0.131. The number of carbonyl (C=O) groups excluding carboxylic acids is 1. The molecule has 1 aliphatic carbocycles. The third-order valence-corrected chi connectivity index (χ3v) is 3.26. The number of imidazole rings is 1. The van der Waals surface area contributed by atoms with Crippen molar-refractivity contribution in [3.8, 4) is 0 Å². The maximum Gasteiger partial charge on any atom is 0.254 e. The largest absolute Gasteiger partial charge is 0.345 e. The van der Waals surface area contributed by atoms with Gasteiger partial charge in [-0.15, -0.1) is 0 Å².